The van der Waals surface area contributed by atoms with Gasteiger partial charge in [-0.3, -0.25) is 0 Å². The van der Waals surface area contributed by atoms with Crippen LogP contribution in [0.3, 0.4) is 0 Å². The van der Waals surface area contributed by atoms with Gasteiger partial charge in [-0.05, 0) is 6.07 Å². The number of halogens is 2. The molecular formula is C13H17ClFNO3. The van der Waals surface area contributed by atoms with Crippen molar-refractivity contribution in [2.75, 3.05) is 13.7 Å². The van der Waals surface area contributed by atoms with Crippen LogP contribution in [0.1, 0.15) is 25.5 Å². The molecule has 2 rings (SSSR count). The van der Waals surface area contributed by atoms with Crippen molar-refractivity contribution in [3.05, 3.63) is 29.6 Å². The zero-order chi connectivity index (χ0) is 13.3. The molecule has 19 heavy (non-hydrogen) atoms. The maximum absolute atomic E-state index is 14.2. The molecule has 0 radical (unpaired) electrons. The molecular weight excluding hydrogens is 273 g/mol. The lowest BCUT2D eigenvalue weighted by atomic mass is 9.80. The summed E-state index contributed by atoms with van der Waals surface area (Å²) in [5.74, 6) is -0.274. The number of hydrogen-bond acceptors (Lipinski definition) is 3. The van der Waals surface area contributed by atoms with Crippen LogP contribution in [0.2, 0.25) is 0 Å². The molecule has 0 spiro atoms. The number of alkyl carbamates (subject to hydrolysis) is 1. The van der Waals surface area contributed by atoms with Gasteiger partial charge in [-0.1, -0.05) is 26.0 Å². The van der Waals surface area contributed by atoms with E-state index in [4.69, 9.17) is 9.47 Å². The van der Waals surface area contributed by atoms with Crippen molar-refractivity contribution in [3.63, 3.8) is 0 Å². The van der Waals surface area contributed by atoms with E-state index in [1.807, 2.05) is 13.8 Å². The van der Waals surface area contributed by atoms with E-state index in [-0.39, 0.29) is 30.2 Å². The summed E-state index contributed by atoms with van der Waals surface area (Å²) in [6.07, 6.45) is -0.526. The smallest absolute Gasteiger partial charge is 0.407 e. The SMILES string of the molecule is COc1cccc([C@@H]2NC(=O)OCC2(C)C)c1F.Cl. The molecule has 0 aromatic heterocycles. The zero-order valence-electron chi connectivity index (χ0n) is 11.0. The fraction of sp³-hybridized carbons (Fsp3) is 0.462. The predicted octanol–water partition coefficient (Wildman–Crippen LogP) is 3.06. The molecule has 1 aliphatic rings. The fourth-order valence-corrected chi connectivity index (χ4v) is 2.10. The summed E-state index contributed by atoms with van der Waals surface area (Å²) in [7, 11) is 1.41. The van der Waals surface area contributed by atoms with Crippen molar-refractivity contribution in [3.8, 4) is 5.75 Å². The number of rotatable bonds is 2. The van der Waals surface area contributed by atoms with Gasteiger partial charge in [-0.15, -0.1) is 12.4 Å². The Balaban J connectivity index is 0.00000180. The molecule has 0 aliphatic carbocycles. The highest BCUT2D eigenvalue weighted by Gasteiger charge is 2.39. The van der Waals surface area contributed by atoms with E-state index in [0.29, 0.717) is 5.56 Å². The van der Waals surface area contributed by atoms with E-state index in [1.165, 1.54) is 7.11 Å². The maximum Gasteiger partial charge on any atom is 0.407 e. The maximum atomic E-state index is 14.2. The van der Waals surface area contributed by atoms with Gasteiger partial charge in [0.15, 0.2) is 11.6 Å². The molecule has 1 aliphatic heterocycles. The lowest BCUT2D eigenvalue weighted by Gasteiger charge is -2.38. The first-order valence-corrected chi connectivity index (χ1v) is 5.71. The van der Waals surface area contributed by atoms with Crippen LogP contribution < -0.4 is 10.1 Å². The minimum absolute atomic E-state index is 0. The van der Waals surface area contributed by atoms with Crippen LogP contribution in [0.5, 0.6) is 5.75 Å². The standard InChI is InChI=1S/C13H16FNO3.ClH/c1-13(2)7-18-12(16)15-11(13)8-5-4-6-9(17-3)10(8)14;/h4-6,11H,7H2,1-3H3,(H,15,16);1H/t11-;/m0./s1. The van der Waals surface area contributed by atoms with Crippen LogP contribution in [-0.2, 0) is 4.74 Å². The molecule has 0 unspecified atom stereocenters. The fourth-order valence-electron chi connectivity index (χ4n) is 2.10. The quantitative estimate of drug-likeness (QED) is 0.910. The Morgan fingerprint density at radius 3 is 2.79 bits per heavy atom. The summed E-state index contributed by atoms with van der Waals surface area (Å²) in [6, 6.07) is 4.46. The van der Waals surface area contributed by atoms with Gasteiger partial charge in [-0.2, -0.15) is 0 Å². The normalized spacial score (nSPS) is 20.8. The minimum atomic E-state index is -0.526. The van der Waals surface area contributed by atoms with Crippen molar-refractivity contribution in [1.29, 1.82) is 0 Å². The second kappa shape index (κ2) is 5.65. The molecule has 1 amide bonds. The van der Waals surface area contributed by atoms with Crippen LogP contribution in [0, 0.1) is 11.2 Å². The van der Waals surface area contributed by atoms with Crippen LogP contribution in [-0.4, -0.2) is 19.8 Å². The highest BCUT2D eigenvalue weighted by Crippen LogP contribution is 2.39. The summed E-state index contributed by atoms with van der Waals surface area (Å²) in [5, 5.41) is 2.66. The highest BCUT2D eigenvalue weighted by molar-refractivity contribution is 5.85. The molecule has 1 atom stereocenters. The monoisotopic (exact) mass is 289 g/mol. The molecule has 1 fully saturated rings. The first-order valence-electron chi connectivity index (χ1n) is 5.71. The number of carbonyl (C=O) groups excluding carboxylic acids is 1. The topological polar surface area (TPSA) is 47.6 Å². The van der Waals surface area contributed by atoms with Gasteiger partial charge in [0.25, 0.3) is 0 Å². The third-order valence-electron chi connectivity index (χ3n) is 3.14. The summed E-state index contributed by atoms with van der Waals surface area (Å²) in [4.78, 5) is 11.3. The van der Waals surface area contributed by atoms with E-state index in [0.717, 1.165) is 0 Å². The lowest BCUT2D eigenvalue weighted by Crippen LogP contribution is -2.47. The van der Waals surface area contributed by atoms with Crippen molar-refractivity contribution < 1.29 is 18.7 Å². The van der Waals surface area contributed by atoms with Gasteiger partial charge in [0.1, 0.15) is 6.61 Å². The van der Waals surface area contributed by atoms with E-state index < -0.39 is 18.0 Å². The summed E-state index contributed by atoms with van der Waals surface area (Å²) in [6.45, 7) is 4.08. The summed E-state index contributed by atoms with van der Waals surface area (Å²) >= 11 is 0. The Kier molecular flexibility index (Phi) is 4.63. The third kappa shape index (κ3) is 2.92. The molecule has 4 nitrogen and oxygen atoms in total. The third-order valence-corrected chi connectivity index (χ3v) is 3.14. The van der Waals surface area contributed by atoms with E-state index in [9.17, 15) is 9.18 Å². The Bertz CT molecular complexity index is 479. The largest absolute Gasteiger partial charge is 0.494 e. The second-order valence-corrected chi connectivity index (χ2v) is 5.01. The Hall–Kier alpha value is -1.49. The number of methoxy groups -OCH3 is 1. The van der Waals surface area contributed by atoms with Gasteiger partial charge >= 0.3 is 6.09 Å². The first kappa shape index (κ1) is 15.6. The number of ether oxygens (including phenoxy) is 2. The highest BCUT2D eigenvalue weighted by atomic mass is 35.5. The van der Waals surface area contributed by atoms with Crippen LogP contribution in [0.4, 0.5) is 9.18 Å². The van der Waals surface area contributed by atoms with E-state index >= 15 is 0 Å². The predicted molar refractivity (Wildman–Crippen MR) is 71.2 cm³/mol. The number of cyclic esters (lactones) is 1. The number of nitrogens with one attached hydrogen (secondary N) is 1. The average molecular weight is 290 g/mol. The Morgan fingerprint density at radius 1 is 1.47 bits per heavy atom. The number of amides is 1. The van der Waals surface area contributed by atoms with Gasteiger partial charge in [0, 0.05) is 11.0 Å². The van der Waals surface area contributed by atoms with Gasteiger partial charge < -0.3 is 14.8 Å². The van der Waals surface area contributed by atoms with Crippen molar-refractivity contribution in [2.45, 2.75) is 19.9 Å². The number of benzene rings is 1. The number of carbonyl (C=O) groups is 1. The van der Waals surface area contributed by atoms with Crippen LogP contribution in [0.15, 0.2) is 18.2 Å². The molecule has 6 heteroatoms. The summed E-state index contributed by atoms with van der Waals surface area (Å²) < 4.78 is 24.1. The molecule has 0 saturated carbocycles. The van der Waals surface area contributed by atoms with E-state index in [2.05, 4.69) is 5.32 Å². The van der Waals surface area contributed by atoms with Crippen molar-refractivity contribution >= 4 is 18.5 Å². The molecule has 106 valence electrons. The molecule has 1 aromatic carbocycles. The second-order valence-electron chi connectivity index (χ2n) is 5.01. The molecule has 1 N–H and O–H groups in total. The van der Waals surface area contributed by atoms with Crippen LogP contribution >= 0.6 is 12.4 Å². The van der Waals surface area contributed by atoms with Gasteiger partial charge in [0.05, 0.1) is 13.2 Å². The van der Waals surface area contributed by atoms with E-state index in [1.54, 1.807) is 18.2 Å². The number of hydrogen-bond donors (Lipinski definition) is 1. The van der Waals surface area contributed by atoms with Crippen molar-refractivity contribution in [2.24, 2.45) is 5.41 Å². The van der Waals surface area contributed by atoms with Gasteiger partial charge in [-0.25, -0.2) is 9.18 Å². The average Bonchev–Trinajstić information content (AvgIpc) is 2.33. The first-order chi connectivity index (χ1) is 8.45. The van der Waals surface area contributed by atoms with Crippen LogP contribution in [0.25, 0.3) is 0 Å². The Labute approximate surface area is 117 Å². The lowest BCUT2D eigenvalue weighted by molar-refractivity contribution is 0.0376. The summed E-state index contributed by atoms with van der Waals surface area (Å²) in [5.41, 5.74) is 0.0252. The van der Waals surface area contributed by atoms with Gasteiger partial charge in [0.2, 0.25) is 0 Å². The molecule has 1 saturated heterocycles. The molecule has 0 bridgehead atoms. The minimum Gasteiger partial charge on any atom is -0.494 e. The molecule has 1 heterocycles. The molecule has 1 aromatic rings. The Morgan fingerprint density at radius 2 is 2.16 bits per heavy atom. The van der Waals surface area contributed by atoms with Crippen molar-refractivity contribution in [1.82, 2.24) is 5.32 Å². The zero-order valence-corrected chi connectivity index (χ0v) is 11.8.